The second-order valence-corrected chi connectivity index (χ2v) is 8.02. The Bertz CT molecular complexity index is 546. The molecule has 5 nitrogen and oxygen atoms in total. The van der Waals surface area contributed by atoms with Crippen molar-refractivity contribution in [2.45, 2.75) is 77.5 Å². The van der Waals surface area contributed by atoms with E-state index in [1.807, 2.05) is 0 Å². The Labute approximate surface area is 139 Å². The first kappa shape index (κ1) is 17.0. The van der Waals surface area contributed by atoms with Crippen molar-refractivity contribution >= 4 is 12.7 Å². The first-order valence-electron chi connectivity index (χ1n) is 8.73. The topological polar surface area (TPSA) is 45.5 Å². The van der Waals surface area contributed by atoms with E-state index < -0.39 is 7.12 Å². The molecule has 3 rings (SSSR count). The van der Waals surface area contributed by atoms with Gasteiger partial charge in [-0.15, -0.1) is 0 Å². The molecule has 0 unspecified atom stereocenters. The van der Waals surface area contributed by atoms with Gasteiger partial charge in [0.1, 0.15) is 5.82 Å². The molecule has 0 radical (unpaired) electrons. The maximum Gasteiger partial charge on any atom is 0.516 e. The van der Waals surface area contributed by atoms with Crippen LogP contribution >= 0.6 is 0 Å². The molecule has 0 atom stereocenters. The van der Waals surface area contributed by atoms with Crippen molar-refractivity contribution in [1.29, 1.82) is 0 Å². The molecular formula is C17H29BN2O3. The molecule has 0 aromatic carbocycles. The Morgan fingerprint density at radius 2 is 1.70 bits per heavy atom. The summed E-state index contributed by atoms with van der Waals surface area (Å²) in [7, 11) is -0.390. The number of nitrogens with zero attached hydrogens (tertiary/aromatic N) is 2. The minimum absolute atomic E-state index is 0.335. The van der Waals surface area contributed by atoms with E-state index in [4.69, 9.17) is 19.0 Å². The Morgan fingerprint density at radius 1 is 1.13 bits per heavy atom. The number of imidazole rings is 1. The van der Waals surface area contributed by atoms with Gasteiger partial charge < -0.3 is 18.6 Å². The fourth-order valence-electron chi connectivity index (χ4n) is 3.19. The molecule has 0 aliphatic carbocycles. The summed E-state index contributed by atoms with van der Waals surface area (Å²) in [4.78, 5) is 4.87. The van der Waals surface area contributed by atoms with Gasteiger partial charge in [-0.2, -0.15) is 0 Å². The summed E-state index contributed by atoms with van der Waals surface area (Å²) in [5, 5.41) is 0. The highest BCUT2D eigenvalue weighted by Gasteiger charge is 2.52. The third kappa shape index (κ3) is 3.09. The maximum absolute atomic E-state index is 6.16. The van der Waals surface area contributed by atoms with Crippen LogP contribution in [0.15, 0.2) is 6.20 Å². The van der Waals surface area contributed by atoms with Gasteiger partial charge in [-0.3, -0.25) is 0 Å². The second-order valence-electron chi connectivity index (χ2n) is 8.02. The quantitative estimate of drug-likeness (QED) is 0.803. The van der Waals surface area contributed by atoms with Gasteiger partial charge in [-0.05, 0) is 40.5 Å². The molecule has 3 heterocycles. The zero-order valence-electron chi connectivity index (χ0n) is 15.3. The summed E-state index contributed by atoms with van der Waals surface area (Å²) in [6.07, 6.45) is 4.21. The number of hydrogen-bond donors (Lipinski definition) is 0. The lowest BCUT2D eigenvalue weighted by atomic mass is 9.85. The number of rotatable bonds is 3. The van der Waals surface area contributed by atoms with Crippen LogP contribution in [-0.2, 0) is 14.0 Å². The molecule has 2 saturated heterocycles. The van der Waals surface area contributed by atoms with Crippen LogP contribution in [0.2, 0.25) is 0 Å². The maximum atomic E-state index is 6.16. The van der Waals surface area contributed by atoms with Gasteiger partial charge in [-0.25, -0.2) is 4.98 Å². The van der Waals surface area contributed by atoms with Crippen LogP contribution < -0.4 is 5.59 Å². The molecule has 0 N–H and O–H groups in total. The summed E-state index contributed by atoms with van der Waals surface area (Å²) < 4.78 is 20.2. The van der Waals surface area contributed by atoms with Crippen LogP contribution in [0.5, 0.6) is 0 Å². The van der Waals surface area contributed by atoms with Gasteiger partial charge in [-0.1, -0.05) is 13.8 Å². The average Bonchev–Trinajstić information content (AvgIpc) is 3.00. The molecule has 6 heteroatoms. The Kier molecular flexibility index (Phi) is 4.36. The summed E-state index contributed by atoms with van der Waals surface area (Å²) in [5.74, 6) is 1.48. The molecule has 2 fully saturated rings. The molecule has 0 bridgehead atoms. The zero-order chi connectivity index (χ0) is 16.8. The van der Waals surface area contributed by atoms with Crippen LogP contribution in [0.4, 0.5) is 0 Å². The van der Waals surface area contributed by atoms with Gasteiger partial charge >= 0.3 is 7.12 Å². The summed E-state index contributed by atoms with van der Waals surface area (Å²) in [6.45, 7) is 14.3. The summed E-state index contributed by atoms with van der Waals surface area (Å²) >= 11 is 0. The highest BCUT2D eigenvalue weighted by molar-refractivity contribution is 6.61. The molecule has 0 amide bonds. The Balaban J connectivity index is 1.89. The molecule has 1 aromatic rings. The van der Waals surface area contributed by atoms with Crippen LogP contribution in [0, 0.1) is 0 Å². The normalized spacial score (nSPS) is 24.6. The van der Waals surface area contributed by atoms with E-state index >= 15 is 0 Å². The van der Waals surface area contributed by atoms with Gasteiger partial charge in [0.25, 0.3) is 0 Å². The summed E-state index contributed by atoms with van der Waals surface area (Å²) in [6, 6.07) is 0.463. The minimum atomic E-state index is -0.390. The zero-order valence-corrected chi connectivity index (χ0v) is 15.3. The number of hydrogen-bond acceptors (Lipinski definition) is 4. The van der Waals surface area contributed by atoms with E-state index in [2.05, 4.69) is 52.3 Å². The smallest absolute Gasteiger partial charge is 0.398 e. The first-order chi connectivity index (χ1) is 10.7. The Hall–Kier alpha value is -0.845. The van der Waals surface area contributed by atoms with Crippen molar-refractivity contribution < 1.29 is 14.0 Å². The fraction of sp³-hybridized carbons (Fsp3) is 0.824. The minimum Gasteiger partial charge on any atom is -0.398 e. The molecule has 0 spiro atoms. The van der Waals surface area contributed by atoms with Crippen molar-refractivity contribution in [2.75, 3.05) is 13.2 Å². The van der Waals surface area contributed by atoms with E-state index in [9.17, 15) is 0 Å². The predicted molar refractivity (Wildman–Crippen MR) is 91.1 cm³/mol. The van der Waals surface area contributed by atoms with Crippen LogP contribution in [0.25, 0.3) is 0 Å². The van der Waals surface area contributed by atoms with Crippen molar-refractivity contribution in [3.05, 3.63) is 12.0 Å². The van der Waals surface area contributed by atoms with Crippen molar-refractivity contribution in [3.8, 4) is 0 Å². The second kappa shape index (κ2) is 5.90. The fourth-order valence-corrected chi connectivity index (χ4v) is 3.19. The molecular weight excluding hydrogens is 291 g/mol. The SMILES string of the molecule is CC(C)c1nc(B2OC(C)(C)C(C)(C)O2)cn1C1CCOCC1. The standard InChI is InChI=1S/C17H29BN2O3/c1-12(2)15-19-14(11-20(15)13-7-9-21-10-8-13)18-22-16(3,4)17(5,6)23-18/h11-13H,7-10H2,1-6H3. The van der Waals surface area contributed by atoms with Crippen molar-refractivity contribution in [1.82, 2.24) is 9.55 Å². The van der Waals surface area contributed by atoms with Gasteiger partial charge in [0.05, 0.1) is 16.8 Å². The largest absolute Gasteiger partial charge is 0.516 e. The molecule has 128 valence electrons. The first-order valence-corrected chi connectivity index (χ1v) is 8.73. The third-order valence-electron chi connectivity index (χ3n) is 5.37. The summed E-state index contributed by atoms with van der Waals surface area (Å²) in [5.41, 5.74) is 0.217. The van der Waals surface area contributed by atoms with Crippen molar-refractivity contribution in [2.24, 2.45) is 0 Å². The average molecular weight is 320 g/mol. The predicted octanol–water partition coefficient (Wildman–Crippen LogP) is 2.66. The molecule has 2 aliphatic rings. The van der Waals surface area contributed by atoms with Gasteiger partial charge in [0.15, 0.2) is 0 Å². The third-order valence-corrected chi connectivity index (χ3v) is 5.37. The van der Waals surface area contributed by atoms with Crippen LogP contribution in [0.1, 0.15) is 72.2 Å². The van der Waals surface area contributed by atoms with E-state index in [-0.39, 0.29) is 11.2 Å². The monoisotopic (exact) mass is 320 g/mol. The van der Waals surface area contributed by atoms with E-state index in [1.165, 1.54) is 0 Å². The molecule has 23 heavy (non-hydrogen) atoms. The lowest BCUT2D eigenvalue weighted by Gasteiger charge is -2.32. The number of aromatic nitrogens is 2. The Morgan fingerprint density at radius 3 is 2.22 bits per heavy atom. The van der Waals surface area contributed by atoms with E-state index in [1.54, 1.807) is 0 Å². The highest BCUT2D eigenvalue weighted by Crippen LogP contribution is 2.36. The van der Waals surface area contributed by atoms with Gasteiger partial charge in [0, 0.05) is 31.4 Å². The molecule has 0 saturated carbocycles. The molecule has 2 aliphatic heterocycles. The molecule has 1 aromatic heterocycles. The number of ether oxygens (including phenoxy) is 1. The van der Waals surface area contributed by atoms with Crippen LogP contribution in [-0.4, -0.2) is 41.1 Å². The van der Waals surface area contributed by atoms with Crippen LogP contribution in [0.3, 0.4) is 0 Å². The van der Waals surface area contributed by atoms with Gasteiger partial charge in [0.2, 0.25) is 0 Å². The lowest BCUT2D eigenvalue weighted by Crippen LogP contribution is -2.41. The van der Waals surface area contributed by atoms with E-state index in [0.29, 0.717) is 12.0 Å². The van der Waals surface area contributed by atoms with E-state index in [0.717, 1.165) is 37.5 Å². The van der Waals surface area contributed by atoms with Crippen molar-refractivity contribution in [3.63, 3.8) is 0 Å². The lowest BCUT2D eigenvalue weighted by molar-refractivity contribution is 0.00578. The highest BCUT2D eigenvalue weighted by atomic mass is 16.7.